The molecule has 4 N–H and O–H groups in total. The van der Waals surface area contributed by atoms with Crippen molar-refractivity contribution in [2.75, 3.05) is 66.6 Å². The Morgan fingerprint density at radius 1 is 0.608 bits per heavy atom. The molecule has 74 heavy (non-hydrogen) atoms. The molecule has 2 aliphatic heterocycles. The van der Waals surface area contributed by atoms with Gasteiger partial charge in [-0.1, -0.05) is 72.5 Å². The van der Waals surface area contributed by atoms with E-state index in [2.05, 4.69) is 44.9 Å². The number of amides is 6. The van der Waals surface area contributed by atoms with Crippen molar-refractivity contribution in [1.82, 2.24) is 40.9 Å². The van der Waals surface area contributed by atoms with Crippen LogP contribution < -0.4 is 21.3 Å². The highest BCUT2D eigenvalue weighted by atomic mass is 19.4. The Labute approximate surface area is 429 Å². The summed E-state index contributed by atoms with van der Waals surface area (Å²) in [5.41, 5.74) is 1.47. The molecule has 0 radical (unpaired) electrons. The summed E-state index contributed by atoms with van der Waals surface area (Å²) in [6, 6.07) is 11.9. The minimum Gasteiger partial charge on any atom is -0.363 e. The number of nitrogens with one attached hydrogen (secondary N) is 4. The average Bonchev–Trinajstić information content (AvgIpc) is 4.06. The van der Waals surface area contributed by atoms with Crippen LogP contribution in [0.3, 0.4) is 0 Å². The lowest BCUT2D eigenvalue weighted by Crippen LogP contribution is -2.59. The van der Waals surface area contributed by atoms with E-state index in [0.717, 1.165) is 11.1 Å². The first kappa shape index (κ1) is 60.4. The summed E-state index contributed by atoms with van der Waals surface area (Å²) in [5, 5.41) is 11.0. The summed E-state index contributed by atoms with van der Waals surface area (Å²) in [6.45, 7) is 4.78. The molecule has 2 aromatic carbocycles. The van der Waals surface area contributed by atoms with Crippen LogP contribution in [0.15, 0.2) is 60.7 Å². The monoisotopic (exact) mass is 1050 g/mol. The van der Waals surface area contributed by atoms with Gasteiger partial charge in [-0.2, -0.15) is 26.3 Å². The molecule has 0 bridgehead atoms. The first-order valence-electron chi connectivity index (χ1n) is 24.6. The lowest BCUT2D eigenvalue weighted by Gasteiger charge is -2.35. The molecule has 406 valence electrons. The van der Waals surface area contributed by atoms with Crippen LogP contribution in [-0.4, -0.2) is 182 Å². The van der Waals surface area contributed by atoms with Crippen molar-refractivity contribution in [3.8, 4) is 23.7 Å². The molecule has 2 heterocycles. The molecule has 2 aromatic rings. The van der Waals surface area contributed by atoms with E-state index in [0.29, 0.717) is 35.5 Å². The number of carbonyl (C=O) groups excluding carboxylic acids is 6. The Hall–Kier alpha value is -6.20. The minimum atomic E-state index is -5.14. The molecule has 0 saturated carbocycles. The van der Waals surface area contributed by atoms with Crippen LogP contribution in [0.5, 0.6) is 0 Å². The van der Waals surface area contributed by atoms with Crippen LogP contribution >= 0.6 is 0 Å². The van der Waals surface area contributed by atoms with Crippen molar-refractivity contribution in [2.24, 2.45) is 0 Å². The van der Waals surface area contributed by atoms with E-state index in [1.807, 2.05) is 0 Å². The molecular formula is C52H68F6N8O8. The van der Waals surface area contributed by atoms with E-state index < -0.39 is 96.3 Å². The maximum Gasteiger partial charge on any atom is 0.471 e. The Morgan fingerprint density at radius 3 is 1.28 bits per heavy atom. The fourth-order valence-corrected chi connectivity index (χ4v) is 8.50. The van der Waals surface area contributed by atoms with E-state index in [1.165, 1.54) is 23.6 Å². The third kappa shape index (κ3) is 18.3. The Bertz CT molecular complexity index is 2150. The SMILES string of the molecule is CNC(C)C(=O)N[C@H](C(=O)N1CCC[C@@H]1CN(CCc1ccccc1)C(=O)C(F)(F)F)[C@H](C)OCC#CC#CCO[C@H](C)[C@H](NC(=O)[C@H](C)NC)C(=O)N1CCC[C@H]1CN(CCc1ccccc1)C(=O)C(F)(F)F. The number of benzene rings is 2. The van der Waals surface area contributed by atoms with Gasteiger partial charge in [-0.25, -0.2) is 0 Å². The number of nitrogens with zero attached hydrogens (tertiary/aromatic N) is 4. The van der Waals surface area contributed by atoms with Gasteiger partial charge in [0.15, 0.2) is 0 Å². The van der Waals surface area contributed by atoms with Crippen LogP contribution in [0, 0.1) is 23.7 Å². The number of hydrogen-bond acceptors (Lipinski definition) is 10. The number of halogens is 6. The predicted octanol–water partition coefficient (Wildman–Crippen LogP) is 3.24. The van der Waals surface area contributed by atoms with E-state index in [4.69, 9.17) is 9.47 Å². The van der Waals surface area contributed by atoms with Crippen LogP contribution in [0.1, 0.15) is 64.5 Å². The third-order valence-corrected chi connectivity index (χ3v) is 13.1. The largest absolute Gasteiger partial charge is 0.471 e. The molecule has 0 aliphatic carbocycles. The normalized spacial score (nSPS) is 18.1. The highest BCUT2D eigenvalue weighted by molar-refractivity contribution is 5.91. The molecule has 0 spiro atoms. The van der Waals surface area contributed by atoms with Crippen LogP contribution in [0.25, 0.3) is 0 Å². The first-order chi connectivity index (χ1) is 35.1. The zero-order valence-electron chi connectivity index (χ0n) is 42.6. The lowest BCUT2D eigenvalue weighted by molar-refractivity contribution is -0.186. The summed E-state index contributed by atoms with van der Waals surface area (Å²) in [7, 11) is 3.10. The van der Waals surface area contributed by atoms with E-state index in [-0.39, 0.29) is 65.3 Å². The zero-order valence-corrected chi connectivity index (χ0v) is 42.6. The number of likely N-dealkylation sites (tertiary alicyclic amines) is 2. The molecule has 0 aromatic heterocycles. The number of hydrogen-bond donors (Lipinski definition) is 4. The Kier molecular flexibility index (Phi) is 23.7. The second-order valence-electron chi connectivity index (χ2n) is 18.3. The fourth-order valence-electron chi connectivity index (χ4n) is 8.50. The summed E-state index contributed by atoms with van der Waals surface area (Å²) >= 11 is 0. The van der Waals surface area contributed by atoms with Gasteiger partial charge in [0, 0.05) is 51.4 Å². The second-order valence-corrected chi connectivity index (χ2v) is 18.3. The van der Waals surface area contributed by atoms with Crippen molar-refractivity contribution in [1.29, 1.82) is 0 Å². The molecule has 22 heteroatoms. The quantitative estimate of drug-likeness (QED) is 0.0901. The van der Waals surface area contributed by atoms with Crippen molar-refractivity contribution in [3.63, 3.8) is 0 Å². The first-order valence-corrected chi connectivity index (χ1v) is 24.6. The molecule has 1 unspecified atom stereocenters. The topological polar surface area (TPSA) is 182 Å². The van der Waals surface area contributed by atoms with Crippen molar-refractivity contribution in [2.45, 2.75) is 127 Å². The van der Waals surface area contributed by atoms with Crippen LogP contribution in [0.2, 0.25) is 0 Å². The van der Waals surface area contributed by atoms with Gasteiger partial charge in [-0.05, 0) is 103 Å². The number of likely N-dealkylation sites (N-methyl/N-ethyl adjacent to an activating group) is 2. The van der Waals surface area contributed by atoms with Gasteiger partial charge in [0.2, 0.25) is 23.6 Å². The van der Waals surface area contributed by atoms with E-state index in [1.54, 1.807) is 88.6 Å². The van der Waals surface area contributed by atoms with Crippen LogP contribution in [0.4, 0.5) is 26.3 Å². The number of rotatable bonds is 24. The zero-order chi connectivity index (χ0) is 54.6. The van der Waals surface area contributed by atoms with Gasteiger partial charge in [0.25, 0.3) is 0 Å². The van der Waals surface area contributed by atoms with E-state index >= 15 is 0 Å². The van der Waals surface area contributed by atoms with Gasteiger partial charge in [-0.15, -0.1) is 0 Å². The Morgan fingerprint density at radius 2 is 0.959 bits per heavy atom. The van der Waals surface area contributed by atoms with Crippen molar-refractivity contribution >= 4 is 35.4 Å². The summed E-state index contributed by atoms with van der Waals surface area (Å²) < 4.78 is 94.5. The van der Waals surface area contributed by atoms with Gasteiger partial charge in [0.1, 0.15) is 25.3 Å². The highest BCUT2D eigenvalue weighted by Gasteiger charge is 2.46. The third-order valence-electron chi connectivity index (χ3n) is 13.1. The summed E-state index contributed by atoms with van der Waals surface area (Å²) in [5.74, 6) is 4.25. The molecule has 2 fully saturated rings. The smallest absolute Gasteiger partial charge is 0.363 e. The van der Waals surface area contributed by atoms with Crippen molar-refractivity contribution in [3.05, 3.63) is 71.8 Å². The van der Waals surface area contributed by atoms with Gasteiger partial charge in [-0.3, -0.25) is 28.8 Å². The second kappa shape index (κ2) is 29.0. The maximum absolute atomic E-state index is 14.2. The highest BCUT2D eigenvalue weighted by Crippen LogP contribution is 2.27. The fraction of sp³-hybridized carbons (Fsp3) is 0.577. The maximum atomic E-state index is 14.2. The molecule has 8 atom stereocenters. The standard InChI is InChI=1S/C52H68F6N8O8/c1-35(59-5)45(67)61-43(47(69)65-27-17-23-41(65)33-63(49(71)51(53,54)55)29-25-39-19-11-9-12-20-39)37(3)73-31-15-7-8-16-32-74-38(4)44(62-46(68)36(2)60-6)48(70)66-28-18-24-42(66)34-64(50(72)52(56,57)58)30-26-40-21-13-10-14-22-40/h9-14,19-22,35-38,41-44,59-60H,17-18,23-34H2,1-6H3,(H,61,67)(H,62,68)/t35-,36?,37+,38-,41-,42+,43-,44-/m0/s1. The molecule has 16 nitrogen and oxygen atoms in total. The number of alkyl halides is 6. The number of ether oxygens (including phenoxy) is 2. The van der Waals surface area contributed by atoms with Gasteiger partial charge < -0.3 is 50.3 Å². The average molecular weight is 1050 g/mol. The molecule has 2 aliphatic rings. The number of carbonyl (C=O) groups is 6. The summed E-state index contributed by atoms with van der Waals surface area (Å²) in [6.07, 6.45) is -10.4. The van der Waals surface area contributed by atoms with E-state index in [9.17, 15) is 55.1 Å². The minimum absolute atomic E-state index is 0.159. The Balaban J connectivity index is 1.41. The van der Waals surface area contributed by atoms with Gasteiger partial charge >= 0.3 is 24.2 Å². The molecule has 4 rings (SSSR count). The molecule has 6 amide bonds. The molecular weight excluding hydrogens is 979 g/mol. The van der Waals surface area contributed by atoms with Crippen molar-refractivity contribution < 1.29 is 64.6 Å². The van der Waals surface area contributed by atoms with Crippen LogP contribution in [-0.2, 0) is 51.1 Å². The lowest BCUT2D eigenvalue weighted by atomic mass is 10.1. The predicted molar refractivity (Wildman–Crippen MR) is 262 cm³/mol. The van der Waals surface area contributed by atoms with Gasteiger partial charge in [0.05, 0.1) is 24.3 Å². The molecule has 2 saturated heterocycles. The summed E-state index contributed by atoms with van der Waals surface area (Å²) in [4.78, 5) is 84.0.